The third-order valence-corrected chi connectivity index (χ3v) is 5.76. The van der Waals surface area contributed by atoms with Gasteiger partial charge in [-0.3, -0.25) is 4.79 Å². The van der Waals surface area contributed by atoms with Gasteiger partial charge in [-0.15, -0.1) is 0 Å². The molecular formula is C21H31NO4. The quantitative estimate of drug-likeness (QED) is 0.810. The van der Waals surface area contributed by atoms with E-state index in [1.54, 1.807) is 7.11 Å². The molecule has 2 atom stereocenters. The number of nitrogens with zero attached hydrogens (tertiary/aromatic N) is 1. The van der Waals surface area contributed by atoms with Crippen LogP contribution < -0.4 is 4.74 Å². The Morgan fingerprint density at radius 2 is 1.92 bits per heavy atom. The molecule has 2 unspecified atom stereocenters. The number of aliphatic hydroxyl groups is 1. The van der Waals surface area contributed by atoms with Crippen molar-refractivity contribution in [2.24, 2.45) is 5.92 Å². The Hall–Kier alpha value is -1.59. The predicted molar refractivity (Wildman–Crippen MR) is 100.0 cm³/mol. The molecule has 1 N–H and O–H groups in total. The van der Waals surface area contributed by atoms with Crippen molar-refractivity contribution < 1.29 is 19.4 Å². The molecule has 3 rings (SSSR count). The number of hydrogen-bond acceptors (Lipinski definition) is 4. The molecule has 144 valence electrons. The zero-order valence-corrected chi connectivity index (χ0v) is 15.7. The van der Waals surface area contributed by atoms with Crippen molar-refractivity contribution in [3.05, 3.63) is 29.8 Å². The lowest BCUT2D eigenvalue weighted by atomic mass is 9.82. The summed E-state index contributed by atoms with van der Waals surface area (Å²) in [5, 5.41) is 9.10. The van der Waals surface area contributed by atoms with E-state index in [0.717, 1.165) is 11.3 Å². The van der Waals surface area contributed by atoms with Crippen molar-refractivity contribution in [2.75, 3.05) is 20.3 Å². The van der Waals surface area contributed by atoms with Crippen LogP contribution in [0.3, 0.4) is 0 Å². The number of carbonyl (C=O) groups excluding carboxylic acids is 1. The highest BCUT2D eigenvalue weighted by Gasteiger charge is 2.39. The van der Waals surface area contributed by atoms with Gasteiger partial charge in [-0.05, 0) is 49.3 Å². The van der Waals surface area contributed by atoms with Gasteiger partial charge >= 0.3 is 0 Å². The molecule has 1 aromatic carbocycles. The van der Waals surface area contributed by atoms with Crippen LogP contribution in [-0.4, -0.2) is 48.4 Å². The van der Waals surface area contributed by atoms with Gasteiger partial charge in [0.1, 0.15) is 11.9 Å². The summed E-state index contributed by atoms with van der Waals surface area (Å²) >= 11 is 0. The first kappa shape index (κ1) is 19.2. The normalized spacial score (nSPS) is 24.7. The second-order valence-corrected chi connectivity index (χ2v) is 7.47. The molecular weight excluding hydrogens is 330 g/mol. The van der Waals surface area contributed by atoms with Crippen LogP contribution in [0, 0.1) is 5.92 Å². The van der Waals surface area contributed by atoms with Gasteiger partial charge in [0.15, 0.2) is 0 Å². The third kappa shape index (κ3) is 4.57. The number of hydrogen-bond donors (Lipinski definition) is 1. The van der Waals surface area contributed by atoms with Crippen LogP contribution in [0.15, 0.2) is 24.3 Å². The van der Waals surface area contributed by atoms with Gasteiger partial charge in [-0.25, -0.2) is 0 Å². The van der Waals surface area contributed by atoms with E-state index < -0.39 is 6.10 Å². The topological polar surface area (TPSA) is 59.0 Å². The zero-order chi connectivity index (χ0) is 18.4. The average molecular weight is 361 g/mol. The number of aliphatic hydroxyl groups excluding tert-OH is 1. The Morgan fingerprint density at radius 1 is 1.19 bits per heavy atom. The predicted octanol–water partition coefficient (Wildman–Crippen LogP) is 3.14. The molecule has 1 aromatic rings. The molecule has 5 nitrogen and oxygen atoms in total. The van der Waals surface area contributed by atoms with Crippen LogP contribution in [-0.2, 0) is 16.1 Å². The Kier molecular flexibility index (Phi) is 6.92. The van der Waals surface area contributed by atoms with Gasteiger partial charge in [0.2, 0.25) is 0 Å². The van der Waals surface area contributed by atoms with Crippen LogP contribution in [0.25, 0.3) is 0 Å². The van der Waals surface area contributed by atoms with Gasteiger partial charge < -0.3 is 19.5 Å². The number of amides is 1. The minimum absolute atomic E-state index is 0.0797. The van der Waals surface area contributed by atoms with E-state index in [4.69, 9.17) is 14.6 Å². The average Bonchev–Trinajstić information content (AvgIpc) is 2.70. The lowest BCUT2D eigenvalue weighted by molar-refractivity contribution is -0.165. The number of benzene rings is 1. The number of carbonyl (C=O) groups is 1. The van der Waals surface area contributed by atoms with Crippen molar-refractivity contribution in [3.8, 4) is 5.75 Å². The molecule has 1 heterocycles. The highest BCUT2D eigenvalue weighted by atomic mass is 16.5. The van der Waals surface area contributed by atoms with Crippen molar-refractivity contribution >= 4 is 5.91 Å². The number of morpholine rings is 1. The molecule has 0 bridgehead atoms. The first-order valence-corrected chi connectivity index (χ1v) is 9.89. The van der Waals surface area contributed by atoms with Gasteiger partial charge in [-0.1, -0.05) is 31.4 Å². The van der Waals surface area contributed by atoms with E-state index in [1.165, 1.54) is 32.1 Å². The van der Waals surface area contributed by atoms with Crippen molar-refractivity contribution in [2.45, 2.75) is 63.6 Å². The molecule has 0 spiro atoms. The minimum Gasteiger partial charge on any atom is -0.497 e. The van der Waals surface area contributed by atoms with Crippen LogP contribution in [0.1, 0.15) is 50.5 Å². The maximum absolute atomic E-state index is 13.1. The Balaban J connectivity index is 1.75. The van der Waals surface area contributed by atoms with Gasteiger partial charge in [-0.2, -0.15) is 0 Å². The molecule has 1 aliphatic carbocycles. The summed E-state index contributed by atoms with van der Waals surface area (Å²) in [6, 6.07) is 8.11. The maximum Gasteiger partial charge on any atom is 0.252 e. The summed E-state index contributed by atoms with van der Waals surface area (Å²) in [5.41, 5.74) is 1.11. The molecule has 2 aliphatic rings. The number of methoxy groups -OCH3 is 1. The highest BCUT2D eigenvalue weighted by Crippen LogP contribution is 2.33. The van der Waals surface area contributed by atoms with Gasteiger partial charge in [0, 0.05) is 13.2 Å². The van der Waals surface area contributed by atoms with Crippen molar-refractivity contribution in [1.29, 1.82) is 0 Å². The summed E-state index contributed by atoms with van der Waals surface area (Å²) in [6.45, 7) is 1.32. The van der Waals surface area contributed by atoms with E-state index in [9.17, 15) is 4.79 Å². The summed E-state index contributed by atoms with van der Waals surface area (Å²) in [4.78, 5) is 15.2. The molecule has 1 aliphatic heterocycles. The fraction of sp³-hybridized carbons (Fsp3) is 0.667. The summed E-state index contributed by atoms with van der Waals surface area (Å²) in [6.07, 6.45) is 6.94. The van der Waals surface area contributed by atoms with E-state index in [1.807, 2.05) is 29.2 Å². The standard InChI is InChI=1S/C21H31NO4/c1-25-18-11-9-16(10-12-18)14-22-19(17-6-3-2-4-7-17)15-26-20(21(22)24)8-5-13-23/h9-12,17,19-20,23H,2-8,13-15H2,1H3. The van der Waals surface area contributed by atoms with E-state index >= 15 is 0 Å². The molecule has 2 fully saturated rings. The minimum atomic E-state index is -0.416. The largest absolute Gasteiger partial charge is 0.497 e. The molecule has 26 heavy (non-hydrogen) atoms. The number of ether oxygens (including phenoxy) is 2. The second-order valence-electron chi connectivity index (χ2n) is 7.47. The SMILES string of the molecule is COc1ccc(CN2C(=O)C(CCCO)OCC2C2CCCCC2)cc1. The Labute approximate surface area is 156 Å². The van der Waals surface area contributed by atoms with Crippen LogP contribution in [0.4, 0.5) is 0 Å². The molecule has 1 saturated heterocycles. The van der Waals surface area contributed by atoms with Crippen molar-refractivity contribution in [1.82, 2.24) is 4.90 Å². The lowest BCUT2D eigenvalue weighted by Gasteiger charge is -2.44. The third-order valence-electron chi connectivity index (χ3n) is 5.76. The smallest absolute Gasteiger partial charge is 0.252 e. The van der Waals surface area contributed by atoms with Crippen molar-refractivity contribution in [3.63, 3.8) is 0 Å². The van der Waals surface area contributed by atoms with Gasteiger partial charge in [0.05, 0.1) is 19.8 Å². The Bertz CT molecular complexity index is 568. The fourth-order valence-electron chi connectivity index (χ4n) is 4.24. The maximum atomic E-state index is 13.1. The van der Waals surface area contributed by atoms with Crippen LogP contribution >= 0.6 is 0 Å². The van der Waals surface area contributed by atoms with E-state index in [2.05, 4.69) is 0 Å². The van der Waals surface area contributed by atoms with Gasteiger partial charge in [0.25, 0.3) is 5.91 Å². The lowest BCUT2D eigenvalue weighted by Crippen LogP contribution is -2.56. The first-order valence-electron chi connectivity index (χ1n) is 9.89. The number of rotatable bonds is 7. The summed E-state index contributed by atoms with van der Waals surface area (Å²) in [5.74, 6) is 1.44. The molecule has 5 heteroatoms. The van der Waals surface area contributed by atoms with Crippen LogP contribution in [0.5, 0.6) is 5.75 Å². The fourth-order valence-corrected chi connectivity index (χ4v) is 4.24. The molecule has 0 radical (unpaired) electrons. The van der Waals surface area contributed by atoms with Crippen LogP contribution in [0.2, 0.25) is 0 Å². The highest BCUT2D eigenvalue weighted by molar-refractivity contribution is 5.82. The Morgan fingerprint density at radius 3 is 2.58 bits per heavy atom. The van der Waals surface area contributed by atoms with E-state index in [-0.39, 0.29) is 18.6 Å². The first-order chi connectivity index (χ1) is 12.7. The summed E-state index contributed by atoms with van der Waals surface area (Å²) in [7, 11) is 1.66. The molecule has 1 saturated carbocycles. The monoisotopic (exact) mass is 361 g/mol. The molecule has 0 aromatic heterocycles. The second kappa shape index (κ2) is 9.38. The molecule has 1 amide bonds. The summed E-state index contributed by atoms with van der Waals surface area (Å²) < 4.78 is 11.2. The van der Waals surface area contributed by atoms with E-state index in [0.29, 0.717) is 31.9 Å². The zero-order valence-electron chi connectivity index (χ0n) is 15.7.